The zero-order chi connectivity index (χ0) is 21.5. The minimum atomic E-state index is -3.52. The second-order valence-corrected chi connectivity index (χ2v) is 10.5. The molecule has 0 aromatic heterocycles. The fourth-order valence-corrected chi connectivity index (χ4v) is 6.21. The Balaban J connectivity index is 1.48. The lowest BCUT2D eigenvalue weighted by atomic mass is 9.93. The van der Waals surface area contributed by atoms with Gasteiger partial charge in [0.1, 0.15) is 0 Å². The quantitative estimate of drug-likeness (QED) is 0.746. The molecule has 2 heterocycles. The van der Waals surface area contributed by atoms with Crippen molar-refractivity contribution >= 4 is 21.6 Å². The van der Waals surface area contributed by atoms with Crippen molar-refractivity contribution in [3.63, 3.8) is 0 Å². The van der Waals surface area contributed by atoms with E-state index in [1.165, 1.54) is 9.87 Å². The van der Waals surface area contributed by atoms with Crippen molar-refractivity contribution in [3.05, 3.63) is 58.7 Å². The standard InChI is InChI=1S/C24H30N2O3S/c1-17-9-10-22(16-19(17)3)30(28,29)25-14-11-21(12-15-25)24(27)26-13-5-8-20-7-4-6-18(2)23(20)26/h4,6-7,9-10,16,21H,5,8,11-15H2,1-3H3. The van der Waals surface area contributed by atoms with Crippen molar-refractivity contribution in [1.82, 2.24) is 4.31 Å². The number of fused-ring (bicyclic) bond motifs is 1. The molecular formula is C24H30N2O3S. The number of rotatable bonds is 3. The minimum absolute atomic E-state index is 0.123. The van der Waals surface area contributed by atoms with Gasteiger partial charge in [-0.25, -0.2) is 8.42 Å². The number of anilines is 1. The van der Waals surface area contributed by atoms with Gasteiger partial charge in [0.05, 0.1) is 4.90 Å². The lowest BCUT2D eigenvalue weighted by molar-refractivity contribution is -0.123. The second-order valence-electron chi connectivity index (χ2n) is 8.60. The van der Waals surface area contributed by atoms with Gasteiger partial charge in [-0.05, 0) is 80.8 Å². The van der Waals surface area contributed by atoms with E-state index in [0.29, 0.717) is 30.8 Å². The van der Waals surface area contributed by atoms with Crippen LogP contribution >= 0.6 is 0 Å². The normalized spacial score (nSPS) is 18.3. The first-order valence-corrected chi connectivity index (χ1v) is 12.2. The molecule has 1 saturated heterocycles. The molecule has 2 aliphatic rings. The molecule has 0 N–H and O–H groups in total. The molecule has 0 unspecified atom stereocenters. The Morgan fingerprint density at radius 3 is 2.37 bits per heavy atom. The third kappa shape index (κ3) is 3.79. The van der Waals surface area contributed by atoms with Crippen LogP contribution in [0.4, 0.5) is 5.69 Å². The Labute approximate surface area is 179 Å². The summed E-state index contributed by atoms with van der Waals surface area (Å²) in [6.07, 6.45) is 3.12. The molecule has 0 bridgehead atoms. The summed E-state index contributed by atoms with van der Waals surface area (Å²) in [4.78, 5) is 15.6. The van der Waals surface area contributed by atoms with E-state index in [9.17, 15) is 13.2 Å². The van der Waals surface area contributed by atoms with E-state index < -0.39 is 10.0 Å². The summed E-state index contributed by atoms with van der Waals surface area (Å²) in [6, 6.07) is 11.5. The van der Waals surface area contributed by atoms with Gasteiger partial charge in [-0.3, -0.25) is 4.79 Å². The SMILES string of the molecule is Cc1ccc(S(=O)(=O)N2CCC(C(=O)N3CCCc4cccc(C)c43)CC2)cc1C. The maximum absolute atomic E-state index is 13.3. The van der Waals surface area contributed by atoms with Crippen LogP contribution in [0.3, 0.4) is 0 Å². The van der Waals surface area contributed by atoms with E-state index in [2.05, 4.69) is 25.1 Å². The predicted octanol–water partition coefficient (Wildman–Crippen LogP) is 3.99. The maximum atomic E-state index is 13.3. The van der Waals surface area contributed by atoms with E-state index in [1.54, 1.807) is 12.1 Å². The molecule has 5 nitrogen and oxygen atoms in total. The van der Waals surface area contributed by atoms with Crippen molar-refractivity contribution in [2.75, 3.05) is 24.5 Å². The highest BCUT2D eigenvalue weighted by atomic mass is 32.2. The van der Waals surface area contributed by atoms with E-state index >= 15 is 0 Å². The zero-order valence-electron chi connectivity index (χ0n) is 18.0. The molecule has 0 atom stereocenters. The largest absolute Gasteiger partial charge is 0.312 e. The van der Waals surface area contributed by atoms with Gasteiger partial charge in [0, 0.05) is 31.2 Å². The molecule has 1 amide bonds. The van der Waals surface area contributed by atoms with Gasteiger partial charge < -0.3 is 4.90 Å². The maximum Gasteiger partial charge on any atom is 0.243 e. The summed E-state index contributed by atoms with van der Waals surface area (Å²) in [7, 11) is -3.52. The van der Waals surface area contributed by atoms with E-state index in [-0.39, 0.29) is 11.8 Å². The van der Waals surface area contributed by atoms with Crippen LogP contribution in [-0.2, 0) is 21.2 Å². The van der Waals surface area contributed by atoms with Gasteiger partial charge in [0.25, 0.3) is 0 Å². The lowest BCUT2D eigenvalue weighted by Crippen LogP contribution is -2.46. The molecule has 0 spiro atoms. The van der Waals surface area contributed by atoms with E-state index in [0.717, 1.165) is 41.8 Å². The number of aryl methyl sites for hydroxylation is 4. The summed E-state index contributed by atoms with van der Waals surface area (Å²) >= 11 is 0. The smallest absolute Gasteiger partial charge is 0.243 e. The molecule has 2 aliphatic heterocycles. The highest BCUT2D eigenvalue weighted by Gasteiger charge is 2.35. The number of benzene rings is 2. The van der Waals surface area contributed by atoms with Gasteiger partial charge in [-0.1, -0.05) is 24.3 Å². The van der Waals surface area contributed by atoms with Crippen LogP contribution in [0.15, 0.2) is 41.3 Å². The average molecular weight is 427 g/mol. The second kappa shape index (κ2) is 8.16. The Morgan fingerprint density at radius 2 is 1.67 bits per heavy atom. The zero-order valence-corrected chi connectivity index (χ0v) is 18.8. The van der Waals surface area contributed by atoms with Crippen LogP contribution in [0.1, 0.15) is 41.5 Å². The van der Waals surface area contributed by atoms with Crippen LogP contribution in [0.25, 0.3) is 0 Å². The van der Waals surface area contributed by atoms with Crippen molar-refractivity contribution in [1.29, 1.82) is 0 Å². The fraction of sp³-hybridized carbons (Fsp3) is 0.458. The van der Waals surface area contributed by atoms with Crippen LogP contribution in [0.5, 0.6) is 0 Å². The first kappa shape index (κ1) is 21.1. The van der Waals surface area contributed by atoms with Gasteiger partial charge in [-0.15, -0.1) is 0 Å². The Morgan fingerprint density at radius 1 is 0.933 bits per heavy atom. The predicted molar refractivity (Wildman–Crippen MR) is 119 cm³/mol. The monoisotopic (exact) mass is 426 g/mol. The Kier molecular flexibility index (Phi) is 5.73. The number of para-hydroxylation sites is 1. The molecule has 160 valence electrons. The topological polar surface area (TPSA) is 57.7 Å². The first-order chi connectivity index (χ1) is 14.3. The number of nitrogens with zero attached hydrogens (tertiary/aromatic N) is 2. The van der Waals surface area contributed by atoms with E-state index in [1.807, 2.05) is 24.8 Å². The molecule has 1 fully saturated rings. The molecule has 2 aromatic carbocycles. The number of sulfonamides is 1. The summed E-state index contributed by atoms with van der Waals surface area (Å²) in [5.74, 6) is 0.0234. The molecular weight excluding hydrogens is 396 g/mol. The number of carbonyl (C=O) groups is 1. The summed E-state index contributed by atoms with van der Waals surface area (Å²) in [5, 5.41) is 0. The number of hydrogen-bond donors (Lipinski definition) is 0. The number of amides is 1. The molecule has 6 heteroatoms. The van der Waals surface area contributed by atoms with Gasteiger partial charge in [-0.2, -0.15) is 4.31 Å². The van der Waals surface area contributed by atoms with Crippen molar-refractivity contribution < 1.29 is 13.2 Å². The summed E-state index contributed by atoms with van der Waals surface area (Å²) in [6.45, 7) is 7.49. The average Bonchev–Trinajstić information content (AvgIpc) is 2.75. The number of carbonyl (C=O) groups excluding carboxylic acids is 1. The van der Waals surface area contributed by atoms with Crippen LogP contribution in [-0.4, -0.2) is 38.3 Å². The van der Waals surface area contributed by atoms with Crippen LogP contribution in [0.2, 0.25) is 0 Å². The van der Waals surface area contributed by atoms with Gasteiger partial charge in [0.15, 0.2) is 0 Å². The third-order valence-corrected chi connectivity index (χ3v) is 8.50. The third-order valence-electron chi connectivity index (χ3n) is 6.60. The Bertz CT molecular complexity index is 1070. The van der Waals surface area contributed by atoms with E-state index in [4.69, 9.17) is 0 Å². The minimum Gasteiger partial charge on any atom is -0.312 e. The summed E-state index contributed by atoms with van der Waals surface area (Å²) < 4.78 is 27.7. The molecule has 4 rings (SSSR count). The molecule has 2 aromatic rings. The highest BCUT2D eigenvalue weighted by Crippen LogP contribution is 2.34. The molecule has 0 aliphatic carbocycles. The first-order valence-electron chi connectivity index (χ1n) is 10.8. The molecule has 0 radical (unpaired) electrons. The van der Waals surface area contributed by atoms with Crippen molar-refractivity contribution in [2.45, 2.75) is 51.3 Å². The van der Waals surface area contributed by atoms with Crippen LogP contribution in [0, 0.1) is 26.7 Å². The number of hydrogen-bond acceptors (Lipinski definition) is 3. The fourth-order valence-electron chi connectivity index (χ4n) is 4.65. The molecule has 30 heavy (non-hydrogen) atoms. The van der Waals surface area contributed by atoms with Crippen molar-refractivity contribution in [3.8, 4) is 0 Å². The van der Waals surface area contributed by atoms with Crippen LogP contribution < -0.4 is 4.90 Å². The lowest BCUT2D eigenvalue weighted by Gasteiger charge is -2.36. The summed E-state index contributed by atoms with van der Waals surface area (Å²) in [5.41, 5.74) is 5.49. The number of piperidine rings is 1. The van der Waals surface area contributed by atoms with Crippen molar-refractivity contribution in [2.24, 2.45) is 5.92 Å². The Hall–Kier alpha value is -2.18. The van der Waals surface area contributed by atoms with Gasteiger partial charge >= 0.3 is 0 Å². The van der Waals surface area contributed by atoms with Gasteiger partial charge in [0.2, 0.25) is 15.9 Å². The molecule has 0 saturated carbocycles. The highest BCUT2D eigenvalue weighted by molar-refractivity contribution is 7.89.